The fourth-order valence-corrected chi connectivity index (χ4v) is 2.44. The van der Waals surface area contributed by atoms with Crippen LogP contribution in [-0.4, -0.2) is 6.03 Å². The third-order valence-corrected chi connectivity index (χ3v) is 3.99. The van der Waals surface area contributed by atoms with Gasteiger partial charge in [0.1, 0.15) is 0 Å². The number of halogens is 8. The van der Waals surface area contributed by atoms with Crippen LogP contribution in [0.3, 0.4) is 0 Å². The fraction of sp³-hybridized carbons (Fsp3) is 0.188. The molecule has 0 aromatic heterocycles. The van der Waals surface area contributed by atoms with Crippen LogP contribution < -0.4 is 10.6 Å². The smallest absolute Gasteiger partial charge is 0.334 e. The van der Waals surface area contributed by atoms with E-state index >= 15 is 0 Å². The van der Waals surface area contributed by atoms with Crippen molar-refractivity contribution in [1.82, 2.24) is 5.32 Å². The molecule has 146 valence electrons. The Balaban J connectivity index is 2.08. The molecule has 27 heavy (non-hydrogen) atoms. The predicted molar refractivity (Wildman–Crippen MR) is 88.8 cm³/mol. The molecule has 0 aliphatic rings. The second-order valence-corrected chi connectivity index (χ2v) is 6.13. The van der Waals surface area contributed by atoms with Crippen molar-refractivity contribution in [3.05, 3.63) is 63.1 Å². The Hall–Kier alpha value is -2.13. The number of carbonyl (C=O) groups excluding carboxylic acids is 1. The van der Waals surface area contributed by atoms with E-state index in [2.05, 4.69) is 10.6 Å². The molecule has 0 bridgehead atoms. The SMILES string of the molecule is O=C(NCc1ccc(Cl)c(C(F)(F)F)c1)Nc1cc(C(F)(F)F)ccc1Cl. The van der Waals surface area contributed by atoms with Crippen molar-refractivity contribution in [2.45, 2.75) is 18.9 Å². The Morgan fingerprint density at radius 3 is 2.11 bits per heavy atom. The minimum atomic E-state index is -4.67. The lowest BCUT2D eigenvalue weighted by atomic mass is 10.1. The molecule has 2 rings (SSSR count). The average molecular weight is 431 g/mol. The molecule has 0 unspecified atom stereocenters. The molecule has 2 N–H and O–H groups in total. The predicted octanol–water partition coefficient (Wildman–Crippen LogP) is 6.35. The monoisotopic (exact) mass is 430 g/mol. The summed E-state index contributed by atoms with van der Waals surface area (Å²) in [6, 6.07) is 4.48. The minimum absolute atomic E-state index is 0.0945. The molecule has 11 heteroatoms. The van der Waals surface area contributed by atoms with Gasteiger partial charge in [-0.2, -0.15) is 26.3 Å². The molecule has 0 radical (unpaired) electrons. The van der Waals surface area contributed by atoms with E-state index in [0.29, 0.717) is 6.07 Å². The average Bonchev–Trinajstić information content (AvgIpc) is 2.54. The van der Waals surface area contributed by atoms with E-state index < -0.39 is 34.5 Å². The molecule has 3 nitrogen and oxygen atoms in total. The number of anilines is 1. The van der Waals surface area contributed by atoms with Gasteiger partial charge in [-0.15, -0.1) is 0 Å². The maximum Gasteiger partial charge on any atom is 0.417 e. The van der Waals surface area contributed by atoms with Crippen LogP contribution in [0.2, 0.25) is 10.0 Å². The zero-order valence-corrected chi connectivity index (χ0v) is 14.6. The van der Waals surface area contributed by atoms with Gasteiger partial charge in [0.05, 0.1) is 26.9 Å². The number of amides is 2. The highest BCUT2D eigenvalue weighted by atomic mass is 35.5. The minimum Gasteiger partial charge on any atom is -0.334 e. The highest BCUT2D eigenvalue weighted by Gasteiger charge is 2.33. The van der Waals surface area contributed by atoms with Crippen molar-refractivity contribution < 1.29 is 31.1 Å². The number of rotatable bonds is 3. The largest absolute Gasteiger partial charge is 0.417 e. The van der Waals surface area contributed by atoms with Crippen molar-refractivity contribution >= 4 is 34.9 Å². The van der Waals surface area contributed by atoms with Crippen LogP contribution in [0.15, 0.2) is 36.4 Å². The van der Waals surface area contributed by atoms with Gasteiger partial charge in [-0.1, -0.05) is 29.3 Å². The lowest BCUT2D eigenvalue weighted by Crippen LogP contribution is -2.28. The van der Waals surface area contributed by atoms with Gasteiger partial charge in [0.15, 0.2) is 0 Å². The van der Waals surface area contributed by atoms with Crippen LogP contribution in [0.5, 0.6) is 0 Å². The molecule has 0 saturated heterocycles. The molecule has 0 aliphatic carbocycles. The molecule has 0 atom stereocenters. The van der Waals surface area contributed by atoms with Crippen LogP contribution in [0.4, 0.5) is 36.8 Å². The highest BCUT2D eigenvalue weighted by molar-refractivity contribution is 6.33. The lowest BCUT2D eigenvalue weighted by Gasteiger charge is -2.13. The van der Waals surface area contributed by atoms with Crippen molar-refractivity contribution in [3.8, 4) is 0 Å². The number of nitrogens with one attached hydrogen (secondary N) is 2. The number of hydrogen-bond acceptors (Lipinski definition) is 1. The number of alkyl halides is 6. The summed E-state index contributed by atoms with van der Waals surface area (Å²) in [7, 11) is 0. The molecule has 0 aliphatic heterocycles. The zero-order chi connectivity index (χ0) is 20.4. The molecule has 0 saturated carbocycles. The van der Waals surface area contributed by atoms with E-state index in [-0.39, 0.29) is 22.8 Å². The standard InChI is InChI=1S/C16H10Cl2F6N2O/c17-11-3-1-8(5-10(11)16(22,23)24)7-25-14(27)26-13-6-9(15(19,20)21)2-4-12(13)18/h1-6H,7H2,(H2,25,26,27). The molecule has 0 heterocycles. The number of benzene rings is 2. The van der Waals surface area contributed by atoms with Crippen LogP contribution in [-0.2, 0) is 18.9 Å². The maximum atomic E-state index is 12.8. The van der Waals surface area contributed by atoms with Crippen molar-refractivity contribution in [1.29, 1.82) is 0 Å². The summed E-state index contributed by atoms with van der Waals surface area (Å²) in [5.74, 6) is 0. The summed E-state index contributed by atoms with van der Waals surface area (Å²) in [6.45, 7) is -0.317. The summed E-state index contributed by atoms with van der Waals surface area (Å²) < 4.78 is 76.5. The normalized spacial score (nSPS) is 12.0. The van der Waals surface area contributed by atoms with Gasteiger partial charge in [-0.05, 0) is 35.9 Å². The molecular weight excluding hydrogens is 421 g/mol. The summed E-state index contributed by atoms with van der Waals surface area (Å²) >= 11 is 11.2. The van der Waals surface area contributed by atoms with Crippen LogP contribution in [0.25, 0.3) is 0 Å². The summed E-state index contributed by atoms with van der Waals surface area (Å²) in [5.41, 5.74) is -2.28. The van der Waals surface area contributed by atoms with Crippen molar-refractivity contribution in [2.24, 2.45) is 0 Å². The van der Waals surface area contributed by atoms with Gasteiger partial charge >= 0.3 is 18.4 Å². The molecule has 0 spiro atoms. The van der Waals surface area contributed by atoms with Gasteiger partial charge in [0.25, 0.3) is 0 Å². The molecule has 2 aromatic carbocycles. The first-order chi connectivity index (χ1) is 12.4. The van der Waals surface area contributed by atoms with Gasteiger partial charge in [0.2, 0.25) is 0 Å². The van der Waals surface area contributed by atoms with Crippen molar-refractivity contribution in [2.75, 3.05) is 5.32 Å². The van der Waals surface area contributed by atoms with E-state index in [1.54, 1.807) is 0 Å². The Bertz CT molecular complexity index is 852. The van der Waals surface area contributed by atoms with Crippen LogP contribution >= 0.6 is 23.2 Å². The quantitative estimate of drug-likeness (QED) is 0.547. The first-order valence-electron chi connectivity index (χ1n) is 7.15. The number of urea groups is 1. The van der Waals surface area contributed by atoms with Crippen LogP contribution in [0, 0.1) is 0 Å². The van der Waals surface area contributed by atoms with E-state index in [9.17, 15) is 31.1 Å². The molecular formula is C16H10Cl2F6N2O. The van der Waals surface area contributed by atoms with Gasteiger partial charge in [-0.3, -0.25) is 0 Å². The Morgan fingerprint density at radius 2 is 1.52 bits per heavy atom. The van der Waals surface area contributed by atoms with Gasteiger partial charge in [0, 0.05) is 6.54 Å². The molecule has 2 amide bonds. The third-order valence-electron chi connectivity index (χ3n) is 3.33. The fourth-order valence-electron chi connectivity index (χ4n) is 2.05. The third kappa shape index (κ3) is 5.67. The Labute approximate surface area is 159 Å². The zero-order valence-electron chi connectivity index (χ0n) is 13.1. The van der Waals surface area contributed by atoms with E-state index in [1.807, 2.05) is 0 Å². The first-order valence-corrected chi connectivity index (χ1v) is 7.91. The highest BCUT2D eigenvalue weighted by Crippen LogP contribution is 2.35. The topological polar surface area (TPSA) is 41.1 Å². The van der Waals surface area contributed by atoms with E-state index in [1.165, 1.54) is 6.07 Å². The van der Waals surface area contributed by atoms with E-state index in [0.717, 1.165) is 24.3 Å². The number of carbonyl (C=O) groups is 1. The first kappa shape index (κ1) is 21.2. The second kappa shape index (κ2) is 7.85. The maximum absolute atomic E-state index is 12.8. The Kier molecular flexibility index (Phi) is 6.16. The lowest BCUT2D eigenvalue weighted by molar-refractivity contribution is -0.138. The molecule has 2 aromatic rings. The van der Waals surface area contributed by atoms with Crippen LogP contribution in [0.1, 0.15) is 16.7 Å². The summed E-state index contributed by atoms with van der Waals surface area (Å²) in [5, 5.41) is 3.72. The number of hydrogen-bond donors (Lipinski definition) is 2. The van der Waals surface area contributed by atoms with Gasteiger partial charge < -0.3 is 10.6 Å². The second-order valence-electron chi connectivity index (χ2n) is 5.31. The van der Waals surface area contributed by atoms with E-state index in [4.69, 9.17) is 23.2 Å². The van der Waals surface area contributed by atoms with Crippen molar-refractivity contribution in [3.63, 3.8) is 0 Å². The summed E-state index contributed by atoms with van der Waals surface area (Å²) in [4.78, 5) is 11.8. The molecule has 0 fully saturated rings. The van der Waals surface area contributed by atoms with Gasteiger partial charge in [-0.25, -0.2) is 4.79 Å². The summed E-state index contributed by atoms with van der Waals surface area (Å²) in [6.07, 6.45) is -9.30. The Morgan fingerprint density at radius 1 is 0.889 bits per heavy atom.